The first-order chi connectivity index (χ1) is 9.77. The van der Waals surface area contributed by atoms with Gasteiger partial charge >= 0.3 is 0 Å². The van der Waals surface area contributed by atoms with E-state index in [2.05, 4.69) is 12.2 Å². The Morgan fingerprint density at radius 1 is 1.35 bits per heavy atom. The van der Waals surface area contributed by atoms with Crippen molar-refractivity contribution in [3.05, 3.63) is 24.3 Å². The highest BCUT2D eigenvalue weighted by atomic mass is 16.5. The van der Waals surface area contributed by atoms with Crippen molar-refractivity contribution in [2.24, 2.45) is 5.92 Å². The molecule has 20 heavy (non-hydrogen) atoms. The van der Waals surface area contributed by atoms with Crippen LogP contribution in [0.5, 0.6) is 5.75 Å². The normalized spacial score (nSPS) is 26.4. The monoisotopic (exact) mass is 274 g/mol. The van der Waals surface area contributed by atoms with Crippen molar-refractivity contribution in [1.29, 1.82) is 0 Å². The summed E-state index contributed by atoms with van der Waals surface area (Å²) >= 11 is 0. The molecule has 0 spiro atoms. The number of piperidine rings is 1. The van der Waals surface area contributed by atoms with Crippen LogP contribution < -0.4 is 15.0 Å². The van der Waals surface area contributed by atoms with E-state index >= 15 is 0 Å². The van der Waals surface area contributed by atoms with Gasteiger partial charge < -0.3 is 15.0 Å². The third-order valence-electron chi connectivity index (χ3n) is 4.24. The van der Waals surface area contributed by atoms with Gasteiger partial charge in [-0.2, -0.15) is 0 Å². The maximum absolute atomic E-state index is 12.9. The highest BCUT2D eigenvalue weighted by molar-refractivity contribution is 5.98. The van der Waals surface area contributed by atoms with Crippen LogP contribution in [0.15, 0.2) is 24.3 Å². The van der Waals surface area contributed by atoms with Crippen LogP contribution in [0, 0.1) is 5.92 Å². The predicted molar refractivity (Wildman–Crippen MR) is 79.1 cm³/mol. The van der Waals surface area contributed by atoms with E-state index in [0.29, 0.717) is 12.5 Å². The first kappa shape index (κ1) is 13.4. The van der Waals surface area contributed by atoms with Gasteiger partial charge in [-0.3, -0.25) is 4.79 Å². The Kier molecular flexibility index (Phi) is 3.92. The van der Waals surface area contributed by atoms with Gasteiger partial charge in [-0.05, 0) is 43.9 Å². The molecule has 2 unspecified atom stereocenters. The van der Waals surface area contributed by atoms with E-state index in [1.54, 1.807) is 0 Å². The van der Waals surface area contributed by atoms with Crippen molar-refractivity contribution < 1.29 is 9.53 Å². The van der Waals surface area contributed by atoms with Gasteiger partial charge in [0.1, 0.15) is 5.75 Å². The molecule has 2 aliphatic rings. The number of anilines is 1. The van der Waals surface area contributed by atoms with E-state index < -0.39 is 0 Å². The fourth-order valence-corrected chi connectivity index (χ4v) is 3.10. The lowest BCUT2D eigenvalue weighted by molar-refractivity contribution is -0.122. The third kappa shape index (κ3) is 2.52. The molecule has 108 valence electrons. The molecule has 3 rings (SSSR count). The third-order valence-corrected chi connectivity index (χ3v) is 4.24. The molecule has 0 bridgehead atoms. The maximum atomic E-state index is 12.9. The van der Waals surface area contributed by atoms with Gasteiger partial charge in [-0.25, -0.2) is 0 Å². The molecule has 0 aliphatic carbocycles. The number of hydrogen-bond acceptors (Lipinski definition) is 3. The second-order valence-electron chi connectivity index (χ2n) is 5.71. The molecule has 2 aliphatic heterocycles. The van der Waals surface area contributed by atoms with Crippen molar-refractivity contribution in [3.63, 3.8) is 0 Å². The Hall–Kier alpha value is -1.55. The summed E-state index contributed by atoms with van der Waals surface area (Å²) in [5, 5.41) is 3.39. The van der Waals surface area contributed by atoms with E-state index in [1.165, 1.54) is 0 Å². The van der Waals surface area contributed by atoms with E-state index in [4.69, 9.17) is 4.74 Å². The summed E-state index contributed by atoms with van der Waals surface area (Å²) in [5.74, 6) is 1.41. The minimum atomic E-state index is -0.0603. The van der Waals surface area contributed by atoms with Gasteiger partial charge in [0, 0.05) is 6.54 Å². The van der Waals surface area contributed by atoms with Crippen LogP contribution >= 0.6 is 0 Å². The fourth-order valence-electron chi connectivity index (χ4n) is 3.10. The second-order valence-corrected chi connectivity index (χ2v) is 5.71. The summed E-state index contributed by atoms with van der Waals surface area (Å²) in [7, 11) is 0. The maximum Gasteiger partial charge on any atom is 0.244 e. The number of carbonyl (C=O) groups is 1. The predicted octanol–water partition coefficient (Wildman–Crippen LogP) is 2.19. The number of hydrogen-bond donors (Lipinski definition) is 1. The molecule has 1 N–H and O–H groups in total. The Morgan fingerprint density at radius 2 is 2.20 bits per heavy atom. The minimum Gasteiger partial charge on any atom is -0.491 e. The van der Waals surface area contributed by atoms with Gasteiger partial charge in [0.05, 0.1) is 18.3 Å². The zero-order valence-electron chi connectivity index (χ0n) is 12.0. The molecule has 2 atom stereocenters. The Labute approximate surface area is 120 Å². The molecule has 1 amide bonds. The van der Waals surface area contributed by atoms with Crippen molar-refractivity contribution in [1.82, 2.24) is 5.32 Å². The lowest BCUT2D eigenvalue weighted by Crippen LogP contribution is -2.52. The molecule has 4 nitrogen and oxygen atoms in total. The largest absolute Gasteiger partial charge is 0.491 e. The molecule has 0 radical (unpaired) electrons. The number of amides is 1. The highest BCUT2D eigenvalue weighted by Gasteiger charge is 2.33. The first-order valence-electron chi connectivity index (χ1n) is 7.54. The van der Waals surface area contributed by atoms with Crippen LogP contribution in [0.2, 0.25) is 0 Å². The Morgan fingerprint density at radius 3 is 3.05 bits per heavy atom. The molecular formula is C16H22N2O2. The number of nitrogens with zero attached hydrogens (tertiary/aromatic N) is 1. The number of rotatable bonds is 1. The van der Waals surface area contributed by atoms with Crippen LogP contribution in [0.3, 0.4) is 0 Å². The van der Waals surface area contributed by atoms with Crippen LogP contribution in [-0.4, -0.2) is 31.6 Å². The first-order valence-corrected chi connectivity index (χ1v) is 7.54. The summed E-state index contributed by atoms with van der Waals surface area (Å²) in [6.07, 6.45) is 3.15. The number of nitrogens with one attached hydrogen (secondary N) is 1. The van der Waals surface area contributed by atoms with E-state index in [1.807, 2.05) is 29.2 Å². The smallest absolute Gasteiger partial charge is 0.244 e. The van der Waals surface area contributed by atoms with Crippen LogP contribution in [0.4, 0.5) is 5.69 Å². The molecule has 2 heterocycles. The molecule has 1 saturated heterocycles. The van der Waals surface area contributed by atoms with Crippen LogP contribution in [-0.2, 0) is 4.79 Å². The summed E-state index contributed by atoms with van der Waals surface area (Å²) in [6, 6.07) is 7.78. The van der Waals surface area contributed by atoms with Crippen molar-refractivity contribution in [2.75, 3.05) is 24.6 Å². The van der Waals surface area contributed by atoms with Gasteiger partial charge in [0.15, 0.2) is 0 Å². The van der Waals surface area contributed by atoms with E-state index in [0.717, 1.165) is 43.8 Å². The topological polar surface area (TPSA) is 41.6 Å². The molecule has 4 heteroatoms. The minimum absolute atomic E-state index is 0.0603. The lowest BCUT2D eigenvalue weighted by atomic mass is 9.91. The summed E-state index contributed by atoms with van der Waals surface area (Å²) in [4.78, 5) is 14.8. The highest BCUT2D eigenvalue weighted by Crippen LogP contribution is 2.32. The van der Waals surface area contributed by atoms with Crippen LogP contribution in [0.1, 0.15) is 26.2 Å². The number of carbonyl (C=O) groups excluding carboxylic acids is 1. The van der Waals surface area contributed by atoms with Crippen LogP contribution in [0.25, 0.3) is 0 Å². The average Bonchev–Trinajstić information content (AvgIpc) is 2.69. The van der Waals surface area contributed by atoms with Crippen molar-refractivity contribution in [3.8, 4) is 5.75 Å². The molecule has 0 saturated carbocycles. The Balaban J connectivity index is 1.87. The molecule has 1 fully saturated rings. The zero-order valence-corrected chi connectivity index (χ0v) is 12.0. The summed E-state index contributed by atoms with van der Waals surface area (Å²) < 4.78 is 5.73. The fraction of sp³-hybridized carbons (Fsp3) is 0.562. The zero-order chi connectivity index (χ0) is 13.9. The van der Waals surface area contributed by atoms with Gasteiger partial charge in [0.25, 0.3) is 0 Å². The number of fused-ring (bicyclic) bond motifs is 1. The molecule has 1 aromatic rings. The molecule has 1 aromatic carbocycles. The van der Waals surface area contributed by atoms with E-state index in [9.17, 15) is 4.79 Å². The SMILES string of the molecule is CC1CCCNC1C(=O)N1CCCOc2ccccc21. The van der Waals surface area contributed by atoms with E-state index in [-0.39, 0.29) is 11.9 Å². The quantitative estimate of drug-likeness (QED) is 0.853. The second kappa shape index (κ2) is 5.83. The summed E-state index contributed by atoms with van der Waals surface area (Å²) in [5.41, 5.74) is 0.912. The number of ether oxygens (including phenoxy) is 1. The summed E-state index contributed by atoms with van der Waals surface area (Å²) in [6.45, 7) is 4.51. The van der Waals surface area contributed by atoms with Gasteiger partial charge in [0.2, 0.25) is 5.91 Å². The average molecular weight is 274 g/mol. The van der Waals surface area contributed by atoms with Gasteiger partial charge in [-0.15, -0.1) is 0 Å². The van der Waals surface area contributed by atoms with Crippen molar-refractivity contribution >= 4 is 11.6 Å². The number of benzene rings is 1. The standard InChI is InChI=1S/C16H22N2O2/c1-12-6-4-9-17-15(12)16(19)18-10-5-11-20-14-8-3-2-7-13(14)18/h2-3,7-8,12,15,17H,4-6,9-11H2,1H3. The Bertz CT molecular complexity index is 489. The molecular weight excluding hydrogens is 252 g/mol. The number of para-hydroxylation sites is 2. The lowest BCUT2D eigenvalue weighted by Gasteiger charge is -2.33. The van der Waals surface area contributed by atoms with Crippen molar-refractivity contribution in [2.45, 2.75) is 32.2 Å². The van der Waals surface area contributed by atoms with Gasteiger partial charge in [-0.1, -0.05) is 19.1 Å². The molecule has 0 aromatic heterocycles.